The van der Waals surface area contributed by atoms with E-state index in [0.29, 0.717) is 50.6 Å². The van der Waals surface area contributed by atoms with Crippen molar-refractivity contribution >= 4 is 64.5 Å². The number of nitrogens with zero attached hydrogens (tertiary/aromatic N) is 4. The van der Waals surface area contributed by atoms with Crippen LogP contribution in [0.15, 0.2) is 61.3 Å². The largest absolute Gasteiger partial charge is 0.370 e. The summed E-state index contributed by atoms with van der Waals surface area (Å²) < 4.78 is 12.8. The normalized spacial score (nSPS) is 17.0. The highest BCUT2D eigenvalue weighted by Gasteiger charge is 2.38. The second-order valence-electron chi connectivity index (χ2n) is 12.6. The van der Waals surface area contributed by atoms with Crippen molar-refractivity contribution in [1.29, 1.82) is 0 Å². The van der Waals surface area contributed by atoms with E-state index in [2.05, 4.69) is 56.4 Å². The lowest BCUT2D eigenvalue weighted by molar-refractivity contribution is -0.111. The van der Waals surface area contributed by atoms with Gasteiger partial charge in [-0.1, -0.05) is 30.3 Å². The second-order valence-corrected chi connectivity index (χ2v) is 16.2. The van der Waals surface area contributed by atoms with Crippen molar-refractivity contribution in [2.45, 2.75) is 44.6 Å². The standard InChI is InChI=1S/C33H43ClN7O2P/c1-6-30(42)37-27-21-23(11-12-28(27)41-19-17-33(18-20-41)15-13-24(14-16-33)40(2)3)36-32-35-22-25(34)31(39-32)38-26-9-7-8-10-29(26)44(4,5)43/h6-12,21-22,24H,1,13-20H2,2-5H3,(H,37,42)(H2,35,36,38,39). The first kappa shape index (κ1) is 32.0. The van der Waals surface area contributed by atoms with E-state index in [-0.39, 0.29) is 5.91 Å². The van der Waals surface area contributed by atoms with E-state index >= 15 is 0 Å². The molecule has 0 radical (unpaired) electrons. The second kappa shape index (κ2) is 13.3. The molecule has 1 aliphatic heterocycles. The fraction of sp³-hybridized carbons (Fsp3) is 0.424. The molecule has 11 heteroatoms. The van der Waals surface area contributed by atoms with Gasteiger partial charge in [-0.15, -0.1) is 0 Å². The summed E-state index contributed by atoms with van der Waals surface area (Å²) in [6, 6.07) is 14.0. The number of aromatic nitrogens is 2. The van der Waals surface area contributed by atoms with E-state index < -0.39 is 7.14 Å². The van der Waals surface area contributed by atoms with Crippen molar-refractivity contribution in [1.82, 2.24) is 14.9 Å². The zero-order valence-electron chi connectivity index (χ0n) is 26.1. The minimum absolute atomic E-state index is 0.268. The molecular weight excluding hydrogens is 593 g/mol. The number of anilines is 6. The van der Waals surface area contributed by atoms with Crippen molar-refractivity contribution in [3.05, 3.63) is 66.3 Å². The fourth-order valence-corrected chi connectivity index (χ4v) is 7.74. The lowest BCUT2D eigenvalue weighted by atomic mass is 9.66. The highest BCUT2D eigenvalue weighted by molar-refractivity contribution is 7.70. The van der Waals surface area contributed by atoms with Crippen LogP contribution in [0.5, 0.6) is 0 Å². The molecule has 1 amide bonds. The number of carbonyl (C=O) groups excluding carboxylic acids is 1. The van der Waals surface area contributed by atoms with Crippen LogP contribution in [0.4, 0.5) is 34.5 Å². The van der Waals surface area contributed by atoms with Crippen LogP contribution in [0.2, 0.25) is 5.02 Å². The summed E-state index contributed by atoms with van der Waals surface area (Å²) in [7, 11) is 1.84. The number of halogens is 1. The minimum Gasteiger partial charge on any atom is -0.370 e. The Kier molecular flexibility index (Phi) is 9.68. The molecule has 1 aliphatic carbocycles. The van der Waals surface area contributed by atoms with Gasteiger partial charge in [-0.2, -0.15) is 4.98 Å². The van der Waals surface area contributed by atoms with Gasteiger partial charge in [0.15, 0.2) is 5.82 Å². The Morgan fingerprint density at radius 3 is 2.43 bits per heavy atom. The van der Waals surface area contributed by atoms with Gasteiger partial charge in [-0.05, 0) is 108 Å². The van der Waals surface area contributed by atoms with Gasteiger partial charge in [0.2, 0.25) is 11.9 Å². The molecule has 44 heavy (non-hydrogen) atoms. The SMILES string of the molecule is C=CC(=O)Nc1cc(Nc2ncc(Cl)c(Nc3ccccc3P(C)(C)=O)n2)ccc1N1CCC2(CCC(N(C)C)CC2)CC1. The van der Waals surface area contributed by atoms with Gasteiger partial charge in [0.25, 0.3) is 0 Å². The quantitative estimate of drug-likeness (QED) is 0.169. The molecule has 2 aliphatic rings. The first-order chi connectivity index (χ1) is 21.0. The maximum atomic E-state index is 12.8. The van der Waals surface area contributed by atoms with E-state index in [1.165, 1.54) is 38.0 Å². The number of rotatable bonds is 9. The van der Waals surface area contributed by atoms with Gasteiger partial charge in [-0.25, -0.2) is 4.98 Å². The van der Waals surface area contributed by atoms with Gasteiger partial charge in [-0.3, -0.25) is 4.79 Å². The molecule has 1 spiro atoms. The number of piperidine rings is 1. The van der Waals surface area contributed by atoms with Gasteiger partial charge in [0.1, 0.15) is 12.2 Å². The van der Waals surface area contributed by atoms with E-state index in [4.69, 9.17) is 11.6 Å². The third kappa shape index (κ3) is 7.45. The third-order valence-corrected chi connectivity index (χ3v) is 10.9. The first-order valence-corrected chi connectivity index (χ1v) is 18.1. The van der Waals surface area contributed by atoms with Gasteiger partial charge in [0.05, 0.1) is 23.3 Å². The van der Waals surface area contributed by atoms with Crippen molar-refractivity contribution in [2.75, 3.05) is 61.4 Å². The lowest BCUT2D eigenvalue weighted by Gasteiger charge is -2.47. The van der Waals surface area contributed by atoms with Crippen LogP contribution in [0, 0.1) is 5.41 Å². The van der Waals surface area contributed by atoms with Crippen LogP contribution in [0.3, 0.4) is 0 Å². The molecule has 0 bridgehead atoms. The van der Waals surface area contributed by atoms with Crippen molar-refractivity contribution < 1.29 is 9.36 Å². The van der Waals surface area contributed by atoms with Crippen molar-refractivity contribution in [3.63, 3.8) is 0 Å². The number of para-hydroxylation sites is 1. The number of nitrogens with one attached hydrogen (secondary N) is 3. The van der Waals surface area contributed by atoms with E-state index in [1.807, 2.05) is 42.5 Å². The Morgan fingerprint density at radius 1 is 1.07 bits per heavy atom. The van der Waals surface area contributed by atoms with E-state index in [1.54, 1.807) is 13.3 Å². The molecular formula is C33H43ClN7O2P. The summed E-state index contributed by atoms with van der Waals surface area (Å²) in [5.41, 5.74) is 3.51. The molecule has 2 fully saturated rings. The smallest absolute Gasteiger partial charge is 0.247 e. The van der Waals surface area contributed by atoms with Crippen molar-refractivity contribution in [3.8, 4) is 0 Å². The molecule has 2 aromatic carbocycles. The molecule has 5 rings (SSSR count). The van der Waals surface area contributed by atoms with Gasteiger partial charge >= 0.3 is 0 Å². The average molecular weight is 636 g/mol. The predicted molar refractivity (Wildman–Crippen MR) is 184 cm³/mol. The summed E-state index contributed by atoms with van der Waals surface area (Å²) in [6.07, 6.45) is 10.2. The van der Waals surface area contributed by atoms with Crippen molar-refractivity contribution in [2.24, 2.45) is 5.41 Å². The molecule has 1 saturated carbocycles. The number of hydrogen-bond donors (Lipinski definition) is 3. The number of hydrogen-bond acceptors (Lipinski definition) is 8. The number of carbonyl (C=O) groups is 1. The Balaban J connectivity index is 1.33. The van der Waals surface area contributed by atoms with Gasteiger partial charge in [0, 0.05) is 30.1 Å². The van der Waals surface area contributed by atoms with E-state index in [9.17, 15) is 9.36 Å². The monoisotopic (exact) mass is 635 g/mol. The summed E-state index contributed by atoms with van der Waals surface area (Å²) in [4.78, 5) is 26.1. The molecule has 1 saturated heterocycles. The topological polar surface area (TPSA) is 102 Å². The average Bonchev–Trinajstić information content (AvgIpc) is 2.99. The Hall–Kier alpha value is -3.39. The highest BCUT2D eigenvalue weighted by Crippen LogP contribution is 2.47. The van der Waals surface area contributed by atoms with Crippen LogP contribution in [0.1, 0.15) is 38.5 Å². The zero-order valence-corrected chi connectivity index (χ0v) is 27.7. The molecule has 0 unspecified atom stereocenters. The zero-order chi connectivity index (χ0) is 31.5. The molecule has 3 aromatic rings. The summed E-state index contributed by atoms with van der Waals surface area (Å²) in [5.74, 6) is 0.451. The summed E-state index contributed by atoms with van der Waals surface area (Å²) in [6.45, 7) is 9.00. The molecule has 0 atom stereocenters. The number of benzene rings is 2. The maximum Gasteiger partial charge on any atom is 0.247 e. The summed E-state index contributed by atoms with van der Waals surface area (Å²) >= 11 is 6.45. The maximum absolute atomic E-state index is 12.8. The van der Waals surface area contributed by atoms with Gasteiger partial charge < -0.3 is 30.3 Å². The van der Waals surface area contributed by atoms with Crippen LogP contribution < -0.4 is 26.2 Å². The Labute approximate surface area is 265 Å². The predicted octanol–water partition coefficient (Wildman–Crippen LogP) is 7.08. The third-order valence-electron chi connectivity index (χ3n) is 9.09. The molecule has 2 heterocycles. The highest BCUT2D eigenvalue weighted by atomic mass is 35.5. The molecule has 9 nitrogen and oxygen atoms in total. The van der Waals surface area contributed by atoms with Crippen LogP contribution in [-0.2, 0) is 9.36 Å². The fourth-order valence-electron chi connectivity index (χ4n) is 6.45. The van der Waals surface area contributed by atoms with Crippen LogP contribution in [-0.4, -0.2) is 67.3 Å². The molecule has 3 N–H and O–H groups in total. The Morgan fingerprint density at radius 2 is 1.77 bits per heavy atom. The van der Waals surface area contributed by atoms with Crippen LogP contribution in [0.25, 0.3) is 0 Å². The molecule has 1 aromatic heterocycles. The first-order valence-electron chi connectivity index (χ1n) is 15.2. The molecule has 234 valence electrons. The van der Waals surface area contributed by atoms with Crippen LogP contribution >= 0.6 is 18.7 Å². The van der Waals surface area contributed by atoms with E-state index in [0.717, 1.165) is 31.6 Å². The minimum atomic E-state index is -2.54. The number of amides is 1. The summed E-state index contributed by atoms with van der Waals surface area (Å²) in [5, 5.41) is 10.5. The lowest BCUT2D eigenvalue weighted by Crippen LogP contribution is -2.44. The Bertz CT molecular complexity index is 1560.